The van der Waals surface area contributed by atoms with Crippen molar-refractivity contribution in [1.29, 1.82) is 0 Å². The molecule has 0 spiro atoms. The van der Waals surface area contributed by atoms with E-state index in [2.05, 4.69) is 29.1 Å². The van der Waals surface area contributed by atoms with Crippen molar-refractivity contribution in [2.75, 3.05) is 13.6 Å². The van der Waals surface area contributed by atoms with Gasteiger partial charge in [0, 0.05) is 37.1 Å². The molecule has 0 aliphatic carbocycles. The zero-order chi connectivity index (χ0) is 17.0. The van der Waals surface area contributed by atoms with Gasteiger partial charge in [0.2, 0.25) is 0 Å². The van der Waals surface area contributed by atoms with Crippen LogP contribution in [0.15, 0.2) is 11.7 Å². The Labute approximate surface area is 141 Å². The van der Waals surface area contributed by atoms with Crippen molar-refractivity contribution >= 4 is 17.4 Å². The summed E-state index contributed by atoms with van der Waals surface area (Å²) in [4.78, 5) is 22.6. The number of nitrogens with zero attached hydrogens (tertiary/aromatic N) is 4. The van der Waals surface area contributed by atoms with Crippen molar-refractivity contribution in [2.45, 2.75) is 46.7 Å². The van der Waals surface area contributed by atoms with Gasteiger partial charge in [0.25, 0.3) is 0 Å². The van der Waals surface area contributed by atoms with E-state index < -0.39 is 0 Å². The Morgan fingerprint density at radius 2 is 2.17 bits per heavy atom. The van der Waals surface area contributed by atoms with Gasteiger partial charge in [0.15, 0.2) is 0 Å². The number of amides is 2. The van der Waals surface area contributed by atoms with E-state index in [1.54, 1.807) is 23.3 Å². The number of urea groups is 1. The van der Waals surface area contributed by atoms with Crippen LogP contribution in [0.25, 0.3) is 0 Å². The first kappa shape index (κ1) is 17.5. The highest BCUT2D eigenvalue weighted by Gasteiger charge is 2.12. The summed E-state index contributed by atoms with van der Waals surface area (Å²) >= 11 is 1.65. The predicted molar refractivity (Wildman–Crippen MR) is 92.8 cm³/mol. The van der Waals surface area contributed by atoms with Crippen LogP contribution >= 0.6 is 11.3 Å². The topological polar surface area (TPSA) is 63.1 Å². The van der Waals surface area contributed by atoms with E-state index in [0.29, 0.717) is 19.0 Å². The lowest BCUT2D eigenvalue weighted by Crippen LogP contribution is -2.38. The van der Waals surface area contributed by atoms with Crippen LogP contribution < -0.4 is 5.32 Å². The molecule has 0 atom stereocenters. The number of aromatic nitrogens is 3. The third-order valence-electron chi connectivity index (χ3n) is 3.78. The Bertz CT molecular complexity index is 661. The fraction of sp³-hybridized carbons (Fsp3) is 0.562. The Kier molecular flexibility index (Phi) is 5.76. The Balaban J connectivity index is 1.79. The van der Waals surface area contributed by atoms with Crippen molar-refractivity contribution < 1.29 is 4.79 Å². The van der Waals surface area contributed by atoms with E-state index in [4.69, 9.17) is 0 Å². The summed E-state index contributed by atoms with van der Waals surface area (Å²) in [6.45, 7) is 10.1. The molecule has 126 valence electrons. The van der Waals surface area contributed by atoms with E-state index in [9.17, 15) is 4.79 Å². The molecule has 0 radical (unpaired) electrons. The van der Waals surface area contributed by atoms with Gasteiger partial charge in [-0.25, -0.2) is 14.8 Å². The highest BCUT2D eigenvalue weighted by molar-refractivity contribution is 7.09. The minimum absolute atomic E-state index is 0.0846. The normalized spacial score (nSPS) is 11.0. The summed E-state index contributed by atoms with van der Waals surface area (Å²) in [6.07, 6.45) is 1.81. The average Bonchev–Trinajstić information content (AvgIpc) is 3.09. The Morgan fingerprint density at radius 3 is 2.74 bits per heavy atom. The van der Waals surface area contributed by atoms with Crippen LogP contribution in [-0.2, 0) is 13.1 Å². The molecular weight excluding hydrogens is 310 g/mol. The molecule has 0 bridgehead atoms. The molecule has 2 aromatic rings. The highest BCUT2D eigenvalue weighted by atomic mass is 32.1. The Morgan fingerprint density at radius 1 is 1.43 bits per heavy atom. The summed E-state index contributed by atoms with van der Waals surface area (Å²) < 4.78 is 2.05. The lowest BCUT2D eigenvalue weighted by molar-refractivity contribution is 0.206. The lowest BCUT2D eigenvalue weighted by Gasteiger charge is -2.17. The molecule has 0 unspecified atom stereocenters. The van der Waals surface area contributed by atoms with Gasteiger partial charge in [-0.2, -0.15) is 0 Å². The number of nitrogens with one attached hydrogen (secondary N) is 1. The average molecular weight is 335 g/mol. The van der Waals surface area contributed by atoms with E-state index >= 15 is 0 Å². The van der Waals surface area contributed by atoms with Crippen LogP contribution in [-0.4, -0.2) is 39.1 Å². The van der Waals surface area contributed by atoms with Crippen molar-refractivity contribution in [3.8, 4) is 0 Å². The predicted octanol–water partition coefficient (Wildman–Crippen LogP) is 2.92. The van der Waals surface area contributed by atoms with Crippen molar-refractivity contribution in [3.05, 3.63) is 33.8 Å². The number of thiazole rings is 1. The maximum absolute atomic E-state index is 12.1. The van der Waals surface area contributed by atoms with Gasteiger partial charge in [0.1, 0.15) is 0 Å². The molecule has 2 aromatic heterocycles. The minimum Gasteiger partial charge on any atom is -0.336 e. The molecule has 2 rings (SSSR count). The molecule has 0 aliphatic rings. The molecule has 0 aromatic carbocycles. The number of carbonyl (C=O) groups is 1. The van der Waals surface area contributed by atoms with Crippen LogP contribution in [0.1, 0.15) is 41.9 Å². The largest absolute Gasteiger partial charge is 0.336 e. The lowest BCUT2D eigenvalue weighted by atomic mass is 10.2. The molecule has 0 saturated heterocycles. The van der Waals surface area contributed by atoms with Gasteiger partial charge < -0.3 is 14.8 Å². The molecule has 6 nitrogen and oxygen atoms in total. The summed E-state index contributed by atoms with van der Waals surface area (Å²) in [5.41, 5.74) is 3.10. The summed E-state index contributed by atoms with van der Waals surface area (Å²) in [5, 5.41) is 6.07. The van der Waals surface area contributed by atoms with E-state index in [0.717, 1.165) is 28.6 Å². The van der Waals surface area contributed by atoms with Gasteiger partial charge in [0.05, 0.1) is 29.3 Å². The number of hydrogen-bond acceptors (Lipinski definition) is 4. The van der Waals surface area contributed by atoms with Crippen molar-refractivity contribution in [1.82, 2.24) is 24.8 Å². The van der Waals surface area contributed by atoms with E-state index in [-0.39, 0.29) is 6.03 Å². The van der Waals surface area contributed by atoms with Crippen LogP contribution in [0.4, 0.5) is 4.79 Å². The number of hydrogen-bond donors (Lipinski definition) is 1. The minimum atomic E-state index is -0.0846. The number of carbonyl (C=O) groups excluding carboxylic acids is 1. The summed E-state index contributed by atoms with van der Waals surface area (Å²) in [5.74, 6) is 0.426. The highest BCUT2D eigenvalue weighted by Crippen LogP contribution is 2.19. The SMILES string of the molecule is Cc1ncn(CCNC(=O)N(C)Cc2csc(C(C)C)n2)c1C. The molecule has 23 heavy (non-hydrogen) atoms. The third-order valence-corrected chi connectivity index (χ3v) is 4.98. The number of rotatable bonds is 6. The summed E-state index contributed by atoms with van der Waals surface area (Å²) in [6, 6.07) is -0.0846. The third kappa shape index (κ3) is 4.54. The van der Waals surface area contributed by atoms with Crippen molar-refractivity contribution in [2.24, 2.45) is 0 Å². The zero-order valence-electron chi connectivity index (χ0n) is 14.5. The molecular formula is C16H25N5OS. The second kappa shape index (κ2) is 7.59. The zero-order valence-corrected chi connectivity index (χ0v) is 15.3. The first-order valence-corrected chi connectivity index (χ1v) is 8.68. The molecule has 1 N–H and O–H groups in total. The maximum atomic E-state index is 12.1. The second-order valence-electron chi connectivity index (χ2n) is 6.03. The second-order valence-corrected chi connectivity index (χ2v) is 6.92. The number of imidazole rings is 1. The monoisotopic (exact) mass is 335 g/mol. The van der Waals surface area contributed by atoms with Gasteiger partial charge >= 0.3 is 6.03 Å². The fourth-order valence-corrected chi connectivity index (χ4v) is 2.99. The summed E-state index contributed by atoms with van der Waals surface area (Å²) in [7, 11) is 1.79. The molecule has 0 saturated carbocycles. The van der Waals surface area contributed by atoms with Crippen LogP contribution in [0.3, 0.4) is 0 Å². The standard InChI is InChI=1S/C16H25N5OS/c1-11(2)15-19-14(9-23-15)8-20(5)16(22)17-6-7-21-10-18-12(3)13(21)4/h9-11H,6-8H2,1-5H3,(H,17,22). The molecule has 2 amide bonds. The van der Waals surface area contributed by atoms with Crippen LogP contribution in [0.5, 0.6) is 0 Å². The maximum Gasteiger partial charge on any atom is 0.317 e. The van der Waals surface area contributed by atoms with Gasteiger partial charge in [-0.05, 0) is 13.8 Å². The van der Waals surface area contributed by atoms with Crippen LogP contribution in [0.2, 0.25) is 0 Å². The van der Waals surface area contributed by atoms with Gasteiger partial charge in [-0.15, -0.1) is 11.3 Å². The van der Waals surface area contributed by atoms with Gasteiger partial charge in [-0.1, -0.05) is 13.8 Å². The smallest absolute Gasteiger partial charge is 0.317 e. The number of aryl methyl sites for hydroxylation is 1. The first-order chi connectivity index (χ1) is 10.9. The molecule has 7 heteroatoms. The first-order valence-electron chi connectivity index (χ1n) is 7.80. The van der Waals surface area contributed by atoms with Gasteiger partial charge in [-0.3, -0.25) is 0 Å². The van der Waals surface area contributed by atoms with Crippen molar-refractivity contribution in [3.63, 3.8) is 0 Å². The Hall–Kier alpha value is -1.89. The van der Waals surface area contributed by atoms with Crippen LogP contribution in [0, 0.1) is 13.8 Å². The van der Waals surface area contributed by atoms with E-state index in [1.807, 2.05) is 30.1 Å². The van der Waals surface area contributed by atoms with E-state index in [1.165, 1.54) is 0 Å². The molecule has 2 heterocycles. The quantitative estimate of drug-likeness (QED) is 0.883. The molecule has 0 fully saturated rings. The fourth-order valence-electron chi connectivity index (χ4n) is 2.16. The molecule has 0 aliphatic heterocycles.